The molecule has 3 heterocycles. The van der Waals surface area contributed by atoms with Crippen LogP contribution in [0.3, 0.4) is 0 Å². The number of hydrogen-bond donors (Lipinski definition) is 1. The van der Waals surface area contributed by atoms with Crippen LogP contribution >= 0.6 is 11.3 Å². The predicted molar refractivity (Wildman–Crippen MR) is 99.5 cm³/mol. The van der Waals surface area contributed by atoms with Gasteiger partial charge in [0, 0.05) is 64.2 Å². The summed E-state index contributed by atoms with van der Waals surface area (Å²) < 4.78 is 0. The van der Waals surface area contributed by atoms with Gasteiger partial charge in [0.05, 0.1) is 0 Å². The summed E-state index contributed by atoms with van der Waals surface area (Å²) in [5.74, 6) is 0.182. The summed E-state index contributed by atoms with van der Waals surface area (Å²) >= 11 is 1.71. The number of rotatable bonds is 3. The summed E-state index contributed by atoms with van der Waals surface area (Å²) in [4.78, 5) is 30.9. The van der Waals surface area contributed by atoms with E-state index in [1.807, 2.05) is 30.7 Å². The molecule has 2 aliphatic rings. The largest absolute Gasteiger partial charge is 0.345 e. The number of thiophene rings is 1. The first-order chi connectivity index (χ1) is 11.9. The smallest absolute Gasteiger partial charge is 0.317 e. The molecule has 2 aliphatic heterocycles. The van der Waals surface area contributed by atoms with E-state index in [2.05, 4.69) is 27.0 Å². The van der Waals surface area contributed by atoms with Crippen LogP contribution in [0.5, 0.6) is 0 Å². The van der Waals surface area contributed by atoms with Gasteiger partial charge < -0.3 is 15.1 Å². The second-order valence-electron chi connectivity index (χ2n) is 7.79. The molecule has 0 saturated carbocycles. The molecule has 2 fully saturated rings. The van der Waals surface area contributed by atoms with Gasteiger partial charge in [0.1, 0.15) is 0 Å². The van der Waals surface area contributed by atoms with E-state index in [0.717, 1.165) is 26.2 Å². The molecule has 1 atom stereocenters. The number of amides is 3. The second-order valence-corrected chi connectivity index (χ2v) is 8.57. The Morgan fingerprint density at radius 1 is 1.32 bits per heavy atom. The minimum absolute atomic E-state index is 0.0197. The first kappa shape index (κ1) is 18.2. The van der Waals surface area contributed by atoms with Crippen LogP contribution in [0, 0.1) is 5.41 Å². The van der Waals surface area contributed by atoms with Crippen LogP contribution in [0.25, 0.3) is 0 Å². The fourth-order valence-electron chi connectivity index (χ4n) is 3.95. The molecule has 7 heteroatoms. The minimum Gasteiger partial charge on any atom is -0.345 e. The Bertz CT molecular complexity index is 619. The molecule has 3 amide bonds. The normalized spacial score (nSPS) is 25.0. The Kier molecular flexibility index (Phi) is 5.34. The Balaban J connectivity index is 1.78. The van der Waals surface area contributed by atoms with Crippen molar-refractivity contribution >= 4 is 23.3 Å². The number of urea groups is 1. The zero-order chi connectivity index (χ0) is 18.0. The number of likely N-dealkylation sites (tertiary alicyclic amines) is 1. The maximum absolute atomic E-state index is 12.6. The predicted octanol–water partition coefficient (Wildman–Crippen LogP) is 1.83. The van der Waals surface area contributed by atoms with Crippen LogP contribution in [-0.4, -0.2) is 72.5 Å². The molecular weight excluding hydrogens is 336 g/mol. The molecule has 0 unspecified atom stereocenters. The van der Waals surface area contributed by atoms with Crippen molar-refractivity contribution in [3.05, 3.63) is 22.4 Å². The SMILES string of the molecule is CC(C)NC(=O)N1CCN(Cc2ccsc2)C[C@]2(CC(=O)N(C)C2)C1. The summed E-state index contributed by atoms with van der Waals surface area (Å²) in [6.07, 6.45) is 0.523. The molecule has 1 aromatic rings. The van der Waals surface area contributed by atoms with Crippen LogP contribution < -0.4 is 5.32 Å². The van der Waals surface area contributed by atoms with Gasteiger partial charge in [-0.1, -0.05) is 0 Å². The van der Waals surface area contributed by atoms with Crippen molar-refractivity contribution in [2.45, 2.75) is 32.9 Å². The Hall–Kier alpha value is -1.60. The molecular formula is C18H28N4O2S. The third kappa shape index (κ3) is 4.33. The van der Waals surface area contributed by atoms with Crippen molar-refractivity contribution in [1.29, 1.82) is 0 Å². The van der Waals surface area contributed by atoms with Crippen molar-refractivity contribution in [3.8, 4) is 0 Å². The highest BCUT2D eigenvalue weighted by Crippen LogP contribution is 2.35. The lowest BCUT2D eigenvalue weighted by Gasteiger charge is -2.33. The maximum Gasteiger partial charge on any atom is 0.317 e. The molecule has 3 rings (SSSR count). The lowest BCUT2D eigenvalue weighted by molar-refractivity contribution is -0.126. The number of carbonyl (C=O) groups excluding carboxylic acids is 2. The summed E-state index contributed by atoms with van der Waals surface area (Å²) in [5, 5.41) is 7.27. The Morgan fingerprint density at radius 2 is 2.12 bits per heavy atom. The van der Waals surface area contributed by atoms with Gasteiger partial charge in [-0.05, 0) is 36.2 Å². The van der Waals surface area contributed by atoms with Crippen molar-refractivity contribution in [3.63, 3.8) is 0 Å². The summed E-state index contributed by atoms with van der Waals surface area (Å²) in [6, 6.07) is 2.24. The summed E-state index contributed by atoms with van der Waals surface area (Å²) in [5.41, 5.74) is 1.13. The second kappa shape index (κ2) is 7.33. The maximum atomic E-state index is 12.6. The molecule has 0 radical (unpaired) electrons. The lowest BCUT2D eigenvalue weighted by atomic mass is 9.86. The molecule has 2 saturated heterocycles. The Labute approximate surface area is 153 Å². The highest BCUT2D eigenvalue weighted by atomic mass is 32.1. The number of nitrogens with one attached hydrogen (secondary N) is 1. The van der Waals surface area contributed by atoms with Gasteiger partial charge in [0.2, 0.25) is 5.91 Å². The van der Waals surface area contributed by atoms with Gasteiger partial charge in [-0.15, -0.1) is 0 Å². The van der Waals surface area contributed by atoms with E-state index in [9.17, 15) is 9.59 Å². The summed E-state index contributed by atoms with van der Waals surface area (Å²) in [6.45, 7) is 8.57. The van der Waals surface area contributed by atoms with Gasteiger partial charge in [-0.3, -0.25) is 9.69 Å². The van der Waals surface area contributed by atoms with E-state index in [0.29, 0.717) is 19.5 Å². The average Bonchev–Trinajstić information content (AvgIpc) is 3.06. The van der Waals surface area contributed by atoms with Crippen LogP contribution in [0.2, 0.25) is 0 Å². The fraction of sp³-hybridized carbons (Fsp3) is 0.667. The average molecular weight is 365 g/mol. The minimum atomic E-state index is -0.174. The molecule has 6 nitrogen and oxygen atoms in total. The van der Waals surface area contributed by atoms with E-state index in [4.69, 9.17) is 0 Å². The Morgan fingerprint density at radius 3 is 2.72 bits per heavy atom. The number of carbonyl (C=O) groups is 2. The molecule has 25 heavy (non-hydrogen) atoms. The monoisotopic (exact) mass is 364 g/mol. The van der Waals surface area contributed by atoms with Gasteiger partial charge >= 0.3 is 6.03 Å². The topological polar surface area (TPSA) is 55.9 Å². The van der Waals surface area contributed by atoms with Crippen LogP contribution in [0.15, 0.2) is 16.8 Å². The van der Waals surface area contributed by atoms with Crippen molar-refractivity contribution in [2.75, 3.05) is 39.8 Å². The summed E-state index contributed by atoms with van der Waals surface area (Å²) in [7, 11) is 1.86. The molecule has 1 aromatic heterocycles. The third-order valence-corrected chi connectivity index (χ3v) is 5.71. The number of nitrogens with zero attached hydrogens (tertiary/aromatic N) is 3. The van der Waals surface area contributed by atoms with Crippen LogP contribution in [-0.2, 0) is 11.3 Å². The molecule has 0 bridgehead atoms. The van der Waals surface area contributed by atoms with E-state index < -0.39 is 0 Å². The highest BCUT2D eigenvalue weighted by molar-refractivity contribution is 7.07. The first-order valence-electron chi connectivity index (χ1n) is 8.90. The van der Waals surface area contributed by atoms with E-state index in [1.165, 1.54) is 5.56 Å². The molecule has 0 aliphatic carbocycles. The van der Waals surface area contributed by atoms with Crippen LogP contribution in [0.4, 0.5) is 4.79 Å². The molecule has 1 N–H and O–H groups in total. The van der Waals surface area contributed by atoms with Gasteiger partial charge in [-0.2, -0.15) is 11.3 Å². The van der Waals surface area contributed by atoms with E-state index in [1.54, 1.807) is 11.3 Å². The zero-order valence-electron chi connectivity index (χ0n) is 15.3. The van der Waals surface area contributed by atoms with Crippen molar-refractivity contribution in [1.82, 2.24) is 20.0 Å². The highest BCUT2D eigenvalue weighted by Gasteiger charge is 2.46. The standard InChI is InChI=1S/C18H28N4O2S/c1-14(2)19-17(24)22-6-5-21(9-15-4-7-25-10-15)12-18(13-22)8-16(23)20(3)11-18/h4,7,10,14H,5-6,8-9,11-13H2,1-3H3,(H,19,24)/t18-/m1/s1. The molecule has 1 spiro atoms. The lowest BCUT2D eigenvalue weighted by Crippen LogP contribution is -2.48. The van der Waals surface area contributed by atoms with Gasteiger partial charge in [0.25, 0.3) is 0 Å². The molecule has 0 aromatic carbocycles. The van der Waals surface area contributed by atoms with Crippen molar-refractivity contribution < 1.29 is 9.59 Å². The zero-order valence-corrected chi connectivity index (χ0v) is 16.1. The van der Waals surface area contributed by atoms with Gasteiger partial charge in [-0.25, -0.2) is 4.79 Å². The number of hydrogen-bond acceptors (Lipinski definition) is 4. The first-order valence-corrected chi connectivity index (χ1v) is 9.84. The third-order valence-electron chi connectivity index (χ3n) is 4.98. The van der Waals surface area contributed by atoms with E-state index in [-0.39, 0.29) is 23.4 Å². The van der Waals surface area contributed by atoms with Gasteiger partial charge in [0.15, 0.2) is 0 Å². The van der Waals surface area contributed by atoms with E-state index >= 15 is 0 Å². The van der Waals surface area contributed by atoms with Crippen molar-refractivity contribution in [2.24, 2.45) is 5.41 Å². The quantitative estimate of drug-likeness (QED) is 0.890. The molecule has 138 valence electrons. The fourth-order valence-corrected chi connectivity index (χ4v) is 4.61. The van der Waals surface area contributed by atoms with Crippen LogP contribution in [0.1, 0.15) is 25.8 Å².